The standard InChI is InChI=1S/C13H9.C12H17.Ti/c1-3-7-12-10(5-1)9-11-6-2-4-8-13(11)12;1-9(2)11-6-5-7-12(8-11)10(3)4;/h1-9H;5-7,9-10H,1-4H3;. The molecule has 0 aliphatic heterocycles. The van der Waals surface area contributed by atoms with Gasteiger partial charge in [-0.3, -0.25) is 0 Å². The molecule has 0 atom stereocenters. The Hall–Kier alpha value is -1.63. The quantitative estimate of drug-likeness (QED) is 0.463. The van der Waals surface area contributed by atoms with Gasteiger partial charge in [0.25, 0.3) is 0 Å². The van der Waals surface area contributed by atoms with Gasteiger partial charge in [-0.15, -0.1) is 0 Å². The average molecular weight is 374 g/mol. The first-order valence-electron chi connectivity index (χ1n) is 9.65. The van der Waals surface area contributed by atoms with E-state index in [0.717, 1.165) is 0 Å². The summed E-state index contributed by atoms with van der Waals surface area (Å²) in [6.07, 6.45) is 0. The Morgan fingerprint density at radius 1 is 0.615 bits per heavy atom. The second-order valence-electron chi connectivity index (χ2n) is 7.87. The Labute approximate surface area is 166 Å². The number of hydrogen-bond donors (Lipinski definition) is 0. The van der Waals surface area contributed by atoms with Crippen LogP contribution in [-0.4, -0.2) is 0 Å². The molecule has 0 fully saturated rings. The second-order valence-corrected chi connectivity index (χ2v) is 10.0. The molecule has 26 heavy (non-hydrogen) atoms. The van der Waals surface area contributed by atoms with Crippen LogP contribution >= 0.6 is 0 Å². The SMILES string of the molecule is CC(C)c1cccc(C(C)C)[c]1[Ti][CH]1c2ccccc2-c2ccccc21. The monoisotopic (exact) mass is 374 g/mol. The number of hydrogen-bond acceptors (Lipinski definition) is 0. The molecule has 0 radical (unpaired) electrons. The van der Waals surface area contributed by atoms with E-state index in [1.165, 1.54) is 11.1 Å². The van der Waals surface area contributed by atoms with Crippen molar-refractivity contribution in [3.8, 4) is 11.1 Å². The summed E-state index contributed by atoms with van der Waals surface area (Å²) in [4.78, 5) is 0. The first-order chi connectivity index (χ1) is 12.6. The predicted molar refractivity (Wildman–Crippen MR) is 108 cm³/mol. The summed E-state index contributed by atoms with van der Waals surface area (Å²) in [5.74, 6) is 1.17. The molecule has 1 aliphatic rings. The third-order valence-corrected chi connectivity index (χ3v) is 8.27. The molecule has 3 aromatic rings. The summed E-state index contributed by atoms with van der Waals surface area (Å²) in [5, 5.41) is 0. The van der Waals surface area contributed by atoms with Gasteiger partial charge in [-0.25, -0.2) is 0 Å². The molecule has 3 aromatic carbocycles. The van der Waals surface area contributed by atoms with Crippen LogP contribution in [0.15, 0.2) is 66.7 Å². The van der Waals surface area contributed by atoms with Gasteiger partial charge in [0.2, 0.25) is 0 Å². The van der Waals surface area contributed by atoms with Crippen LogP contribution in [0.4, 0.5) is 0 Å². The van der Waals surface area contributed by atoms with Crippen LogP contribution < -0.4 is 3.87 Å². The second kappa shape index (κ2) is 7.18. The number of benzene rings is 3. The molecule has 0 heterocycles. The van der Waals surface area contributed by atoms with Crippen molar-refractivity contribution >= 4 is 3.87 Å². The van der Waals surface area contributed by atoms with E-state index in [1.54, 1.807) is 26.1 Å². The average Bonchev–Trinajstić information content (AvgIpc) is 2.96. The molecular formula is C25H26Ti. The van der Waals surface area contributed by atoms with Crippen molar-refractivity contribution < 1.29 is 19.2 Å². The maximum atomic E-state index is 2.36. The van der Waals surface area contributed by atoms with E-state index >= 15 is 0 Å². The molecule has 4 rings (SSSR count). The van der Waals surface area contributed by atoms with E-state index in [4.69, 9.17) is 0 Å². The molecule has 0 spiro atoms. The van der Waals surface area contributed by atoms with Crippen LogP contribution in [0.3, 0.4) is 0 Å². The van der Waals surface area contributed by atoms with Gasteiger partial charge in [0.15, 0.2) is 0 Å². The molecule has 0 saturated heterocycles. The van der Waals surface area contributed by atoms with Crippen LogP contribution in [0.5, 0.6) is 0 Å². The Balaban J connectivity index is 1.86. The van der Waals surface area contributed by atoms with Crippen molar-refractivity contribution in [3.05, 3.63) is 89.0 Å². The first kappa shape index (κ1) is 17.8. The summed E-state index contributed by atoms with van der Waals surface area (Å²) in [5.41, 5.74) is 9.12. The maximum absolute atomic E-state index is 2.36. The summed E-state index contributed by atoms with van der Waals surface area (Å²) < 4.78 is 2.27. The first-order valence-corrected chi connectivity index (χ1v) is 11.3. The van der Waals surface area contributed by atoms with Crippen molar-refractivity contribution in [1.29, 1.82) is 0 Å². The van der Waals surface area contributed by atoms with Gasteiger partial charge in [0, 0.05) is 0 Å². The zero-order valence-electron chi connectivity index (χ0n) is 16.1. The van der Waals surface area contributed by atoms with E-state index in [1.807, 2.05) is 0 Å². The topological polar surface area (TPSA) is 0 Å². The number of rotatable bonds is 4. The van der Waals surface area contributed by atoms with Crippen LogP contribution in [-0.2, 0) is 19.2 Å². The molecule has 1 aliphatic carbocycles. The van der Waals surface area contributed by atoms with Crippen molar-refractivity contribution in [1.82, 2.24) is 0 Å². The van der Waals surface area contributed by atoms with E-state index in [2.05, 4.69) is 94.4 Å². The summed E-state index contributed by atoms with van der Waals surface area (Å²) in [6.45, 7) is 9.36. The minimum atomic E-state index is -0.337. The molecule has 0 bridgehead atoms. The fraction of sp³-hybridized carbons (Fsp3) is 0.280. The Bertz CT molecular complexity index is 865. The molecule has 0 unspecified atom stereocenters. The van der Waals surface area contributed by atoms with Gasteiger partial charge in [0.05, 0.1) is 0 Å². The van der Waals surface area contributed by atoms with Gasteiger partial charge in [0.1, 0.15) is 0 Å². The molecule has 0 amide bonds. The van der Waals surface area contributed by atoms with Crippen molar-refractivity contribution in [2.45, 2.75) is 43.8 Å². The van der Waals surface area contributed by atoms with Gasteiger partial charge in [-0.1, -0.05) is 0 Å². The fourth-order valence-electron chi connectivity index (χ4n) is 4.17. The van der Waals surface area contributed by atoms with Crippen molar-refractivity contribution in [3.63, 3.8) is 0 Å². The zero-order chi connectivity index (χ0) is 18.3. The molecular weight excluding hydrogens is 348 g/mol. The molecule has 0 aromatic heterocycles. The van der Waals surface area contributed by atoms with Gasteiger partial charge >= 0.3 is 167 Å². The zero-order valence-corrected chi connectivity index (χ0v) is 17.6. The Morgan fingerprint density at radius 2 is 1.08 bits per heavy atom. The molecule has 1 heteroatoms. The molecule has 0 nitrogen and oxygen atoms in total. The van der Waals surface area contributed by atoms with Crippen LogP contribution in [0.2, 0.25) is 0 Å². The third-order valence-electron chi connectivity index (χ3n) is 5.50. The van der Waals surface area contributed by atoms with Crippen LogP contribution in [0.1, 0.15) is 66.0 Å². The molecule has 0 N–H and O–H groups in total. The van der Waals surface area contributed by atoms with E-state index in [9.17, 15) is 0 Å². The molecule has 0 saturated carbocycles. The Kier molecular flexibility index (Phi) is 4.91. The third kappa shape index (κ3) is 3.00. The summed E-state index contributed by atoms with van der Waals surface area (Å²) >= 11 is -0.337. The van der Waals surface area contributed by atoms with Crippen molar-refractivity contribution in [2.75, 3.05) is 0 Å². The predicted octanol–water partition coefficient (Wildman–Crippen LogP) is 6.41. The van der Waals surface area contributed by atoms with Crippen LogP contribution in [0, 0.1) is 0 Å². The molecule has 130 valence electrons. The number of fused-ring (bicyclic) bond motifs is 3. The Morgan fingerprint density at radius 3 is 1.54 bits per heavy atom. The van der Waals surface area contributed by atoms with E-state index in [0.29, 0.717) is 16.1 Å². The van der Waals surface area contributed by atoms with Gasteiger partial charge < -0.3 is 0 Å². The summed E-state index contributed by atoms with van der Waals surface area (Å²) in [7, 11) is 0. The minimum absolute atomic E-state index is 0.337. The van der Waals surface area contributed by atoms with Crippen LogP contribution in [0.25, 0.3) is 11.1 Å². The summed E-state index contributed by atoms with van der Waals surface area (Å²) in [6, 6.07) is 25.1. The van der Waals surface area contributed by atoms with E-state index < -0.39 is 0 Å². The van der Waals surface area contributed by atoms with Crippen molar-refractivity contribution in [2.24, 2.45) is 0 Å². The fourth-order valence-corrected chi connectivity index (χ4v) is 7.58. The normalized spacial score (nSPS) is 13.2. The van der Waals surface area contributed by atoms with Gasteiger partial charge in [-0.05, 0) is 0 Å². The van der Waals surface area contributed by atoms with E-state index in [-0.39, 0.29) is 19.2 Å². The van der Waals surface area contributed by atoms with Gasteiger partial charge in [-0.2, -0.15) is 0 Å².